The van der Waals surface area contributed by atoms with Crippen LogP contribution >= 0.6 is 0 Å². The van der Waals surface area contributed by atoms with E-state index in [1.807, 2.05) is 6.07 Å². The van der Waals surface area contributed by atoms with Crippen LogP contribution in [0.3, 0.4) is 0 Å². The van der Waals surface area contributed by atoms with Crippen molar-refractivity contribution in [2.45, 2.75) is 41.9 Å². The van der Waals surface area contributed by atoms with Gasteiger partial charge in [0.2, 0.25) is 11.9 Å². The van der Waals surface area contributed by atoms with Crippen molar-refractivity contribution in [3.63, 3.8) is 0 Å². The van der Waals surface area contributed by atoms with Crippen molar-refractivity contribution < 1.29 is 17.9 Å². The summed E-state index contributed by atoms with van der Waals surface area (Å²) in [5.74, 6) is 0.807. The number of amides is 1. The lowest BCUT2D eigenvalue weighted by atomic mass is 10.1. The van der Waals surface area contributed by atoms with Crippen molar-refractivity contribution in [3.05, 3.63) is 30.6 Å². The summed E-state index contributed by atoms with van der Waals surface area (Å²) in [6.07, 6.45) is 7.61. The fourth-order valence-corrected chi connectivity index (χ4v) is 6.19. The second kappa shape index (κ2) is 8.49. The Morgan fingerprint density at radius 2 is 1.68 bits per heavy atom. The number of sulfone groups is 1. The largest absolute Gasteiger partial charge is 0.378 e. The first kappa shape index (κ1) is 21.8. The fourth-order valence-electron chi connectivity index (χ4n) is 4.48. The van der Waals surface area contributed by atoms with Gasteiger partial charge in [0, 0.05) is 61.8 Å². The number of anilines is 2. The summed E-state index contributed by atoms with van der Waals surface area (Å²) in [5.41, 5.74) is 2.39. The molecule has 0 radical (unpaired) electrons. The average Bonchev–Trinajstić information content (AvgIpc) is 3.73. The van der Waals surface area contributed by atoms with Gasteiger partial charge in [-0.25, -0.2) is 18.4 Å². The van der Waals surface area contributed by atoms with Crippen LogP contribution in [0.2, 0.25) is 0 Å². The number of ether oxygens (including phenoxy) is 1. The molecule has 0 spiro atoms. The number of rotatable bonds is 7. The quantitative estimate of drug-likeness (QED) is 0.637. The number of carbonyl (C=O) groups excluding carboxylic acids is 1. The number of carbonyl (C=O) groups is 1. The summed E-state index contributed by atoms with van der Waals surface area (Å²) in [4.78, 5) is 25.3. The third kappa shape index (κ3) is 4.36. The Balaban J connectivity index is 1.29. The van der Waals surface area contributed by atoms with Gasteiger partial charge in [-0.2, -0.15) is 0 Å². The highest BCUT2D eigenvalue weighted by Crippen LogP contribution is 2.36. The van der Waals surface area contributed by atoms with E-state index in [4.69, 9.17) is 4.74 Å². The lowest BCUT2D eigenvalue weighted by Crippen LogP contribution is -2.57. The predicted octanol–water partition coefficient (Wildman–Crippen LogP) is 1.95. The second-order valence-electron chi connectivity index (χ2n) is 9.71. The number of likely N-dealkylation sites (tertiary alicyclic amines) is 1. The van der Waals surface area contributed by atoms with E-state index in [1.165, 1.54) is 0 Å². The summed E-state index contributed by atoms with van der Waals surface area (Å²) in [6.45, 7) is 3.18. The fraction of sp³-hybridized carbons (Fsp3) is 0.542. The first-order valence-electron chi connectivity index (χ1n) is 12.1. The van der Waals surface area contributed by atoms with Gasteiger partial charge in [0.1, 0.15) is 5.25 Å². The maximum Gasteiger partial charge on any atom is 0.225 e. The minimum absolute atomic E-state index is 0.103. The number of morpholine rings is 1. The molecule has 9 nitrogen and oxygen atoms in total. The van der Waals surface area contributed by atoms with Crippen molar-refractivity contribution in [2.24, 2.45) is 5.92 Å². The minimum atomic E-state index is -3.59. The highest BCUT2D eigenvalue weighted by Gasteiger charge is 2.44. The summed E-state index contributed by atoms with van der Waals surface area (Å²) in [6, 6.07) is 5.94. The molecule has 2 aromatic rings. The molecule has 2 saturated heterocycles. The van der Waals surface area contributed by atoms with Gasteiger partial charge in [0.25, 0.3) is 0 Å². The van der Waals surface area contributed by atoms with Crippen LogP contribution in [0.4, 0.5) is 11.6 Å². The van der Waals surface area contributed by atoms with E-state index in [-0.39, 0.29) is 29.8 Å². The van der Waals surface area contributed by atoms with E-state index in [0.717, 1.165) is 42.5 Å². The zero-order chi connectivity index (χ0) is 23.3. The molecule has 2 aliphatic carbocycles. The van der Waals surface area contributed by atoms with Crippen LogP contribution in [0, 0.1) is 5.92 Å². The van der Waals surface area contributed by atoms with Crippen LogP contribution in [0.15, 0.2) is 35.5 Å². The first-order valence-corrected chi connectivity index (χ1v) is 13.6. The Hall–Kier alpha value is -2.72. The van der Waals surface area contributed by atoms with Gasteiger partial charge < -0.3 is 19.9 Å². The average molecular weight is 484 g/mol. The molecule has 0 bridgehead atoms. The maximum absolute atomic E-state index is 13.5. The van der Waals surface area contributed by atoms with Gasteiger partial charge in [-0.05, 0) is 49.4 Å². The van der Waals surface area contributed by atoms with Crippen molar-refractivity contribution in [2.75, 3.05) is 49.6 Å². The van der Waals surface area contributed by atoms with Gasteiger partial charge in [-0.15, -0.1) is 0 Å². The summed E-state index contributed by atoms with van der Waals surface area (Å²) >= 11 is 0. The Bertz CT molecular complexity index is 1180. The van der Waals surface area contributed by atoms with E-state index in [0.29, 0.717) is 38.3 Å². The highest BCUT2D eigenvalue weighted by molar-refractivity contribution is 7.92. The molecular formula is C24H29N5O4S. The molecule has 1 aromatic carbocycles. The topological polar surface area (TPSA) is 105 Å². The molecule has 6 rings (SSSR count). The molecular weight excluding hydrogens is 454 g/mol. The smallest absolute Gasteiger partial charge is 0.225 e. The molecule has 34 heavy (non-hydrogen) atoms. The number of aromatic nitrogens is 2. The lowest BCUT2D eigenvalue weighted by molar-refractivity contribution is -0.135. The van der Waals surface area contributed by atoms with Gasteiger partial charge in [-0.3, -0.25) is 4.79 Å². The lowest BCUT2D eigenvalue weighted by Gasteiger charge is -2.39. The van der Waals surface area contributed by atoms with E-state index < -0.39 is 15.1 Å². The molecule has 0 unspecified atom stereocenters. The maximum atomic E-state index is 13.5. The van der Waals surface area contributed by atoms with Gasteiger partial charge in [0.15, 0.2) is 9.84 Å². The molecule has 2 aliphatic heterocycles. The van der Waals surface area contributed by atoms with Crippen LogP contribution in [-0.4, -0.2) is 79.9 Å². The van der Waals surface area contributed by atoms with Gasteiger partial charge >= 0.3 is 0 Å². The molecule has 0 atom stereocenters. The van der Waals surface area contributed by atoms with Crippen LogP contribution < -0.4 is 10.2 Å². The van der Waals surface area contributed by atoms with E-state index in [1.54, 1.807) is 29.4 Å². The van der Waals surface area contributed by atoms with Crippen molar-refractivity contribution in [1.82, 2.24) is 14.9 Å². The standard InChI is InChI=1S/C24H29N5O4S/c30-23(16-1-2-16)29-14-22(15-29)34(31,32)21-10-17(9-20(11-21)28-5-7-33-8-6-28)18-12-25-24(26-13-18)27-19-3-4-19/h9-13,16,19,22H,1-8,14-15H2,(H,25,26,27). The highest BCUT2D eigenvalue weighted by atomic mass is 32.2. The van der Waals surface area contributed by atoms with Crippen molar-refractivity contribution in [1.29, 1.82) is 0 Å². The Morgan fingerprint density at radius 3 is 2.32 bits per heavy atom. The van der Waals surface area contributed by atoms with Crippen LogP contribution in [0.25, 0.3) is 11.1 Å². The zero-order valence-corrected chi connectivity index (χ0v) is 19.8. The summed E-state index contributed by atoms with van der Waals surface area (Å²) < 4.78 is 32.6. The predicted molar refractivity (Wildman–Crippen MR) is 127 cm³/mol. The van der Waals surface area contributed by atoms with Gasteiger partial charge in [0.05, 0.1) is 18.1 Å². The molecule has 2 saturated carbocycles. The minimum Gasteiger partial charge on any atom is -0.378 e. The molecule has 1 amide bonds. The van der Waals surface area contributed by atoms with Crippen LogP contribution in [-0.2, 0) is 19.4 Å². The van der Waals surface area contributed by atoms with E-state index in [9.17, 15) is 13.2 Å². The van der Waals surface area contributed by atoms with Crippen LogP contribution in [0.1, 0.15) is 25.7 Å². The van der Waals surface area contributed by atoms with Crippen molar-refractivity contribution in [3.8, 4) is 11.1 Å². The molecule has 4 fully saturated rings. The third-order valence-corrected chi connectivity index (χ3v) is 9.09. The number of hydrogen-bond acceptors (Lipinski definition) is 8. The summed E-state index contributed by atoms with van der Waals surface area (Å²) in [7, 11) is -3.59. The van der Waals surface area contributed by atoms with E-state index in [2.05, 4.69) is 20.2 Å². The Labute approximate surface area is 199 Å². The number of hydrogen-bond donors (Lipinski definition) is 1. The molecule has 180 valence electrons. The van der Waals surface area contributed by atoms with Crippen LogP contribution in [0.5, 0.6) is 0 Å². The molecule has 1 N–H and O–H groups in total. The number of benzene rings is 1. The second-order valence-corrected chi connectivity index (χ2v) is 11.9. The zero-order valence-electron chi connectivity index (χ0n) is 19.0. The molecule has 4 aliphatic rings. The normalized spacial score (nSPS) is 21.3. The SMILES string of the molecule is O=C(C1CC1)N1CC(S(=O)(=O)c2cc(-c3cnc(NC4CC4)nc3)cc(N3CCOCC3)c2)C1. The molecule has 1 aromatic heterocycles. The third-order valence-electron chi connectivity index (χ3n) is 7.02. The van der Waals surface area contributed by atoms with Crippen molar-refractivity contribution >= 4 is 27.4 Å². The Kier molecular flexibility index (Phi) is 5.44. The first-order chi connectivity index (χ1) is 16.5. The molecule has 10 heteroatoms. The number of nitrogens with zero attached hydrogens (tertiary/aromatic N) is 4. The molecule has 3 heterocycles. The van der Waals surface area contributed by atoms with Gasteiger partial charge in [-0.1, -0.05) is 0 Å². The monoisotopic (exact) mass is 483 g/mol. The Morgan fingerprint density at radius 1 is 0.971 bits per heavy atom. The summed E-state index contributed by atoms with van der Waals surface area (Å²) in [5, 5.41) is 2.71. The number of nitrogens with one attached hydrogen (secondary N) is 1. The van der Waals surface area contributed by atoms with E-state index >= 15 is 0 Å².